The maximum atomic E-state index is 13.7. The Hall–Kier alpha value is -1.68. The fraction of sp³-hybridized carbons (Fsp3) is 0.0714. The van der Waals surface area contributed by atoms with Crippen molar-refractivity contribution in [1.29, 1.82) is 0 Å². The van der Waals surface area contributed by atoms with Gasteiger partial charge >= 0.3 is 0 Å². The lowest BCUT2D eigenvalue weighted by Gasteiger charge is -2.06. The van der Waals surface area contributed by atoms with E-state index >= 15 is 0 Å². The fourth-order valence-corrected chi connectivity index (χ4v) is 1.98. The number of nitrogens with two attached hydrogens (primary N) is 1. The molecule has 0 fully saturated rings. The molecule has 2 rings (SSSR count). The Balaban J connectivity index is 2.44. The van der Waals surface area contributed by atoms with Crippen LogP contribution < -0.4 is 5.73 Å². The number of hydrogen-bond acceptors (Lipinski definition) is 2. The summed E-state index contributed by atoms with van der Waals surface area (Å²) in [4.78, 5) is 12.1. The molecule has 0 aromatic heterocycles. The third kappa shape index (κ3) is 2.43. The van der Waals surface area contributed by atoms with E-state index in [-0.39, 0.29) is 11.3 Å². The van der Waals surface area contributed by atoms with Gasteiger partial charge in [-0.25, -0.2) is 4.39 Å². The van der Waals surface area contributed by atoms with Crippen LogP contribution in [0, 0.1) is 12.7 Å². The van der Waals surface area contributed by atoms with Crippen molar-refractivity contribution in [3.63, 3.8) is 0 Å². The molecule has 18 heavy (non-hydrogen) atoms. The molecule has 0 radical (unpaired) electrons. The summed E-state index contributed by atoms with van der Waals surface area (Å²) in [5.74, 6) is -0.882. The molecule has 2 nitrogen and oxygen atoms in total. The molecule has 0 saturated carbocycles. The topological polar surface area (TPSA) is 43.1 Å². The van der Waals surface area contributed by atoms with Crippen LogP contribution in [0.1, 0.15) is 21.5 Å². The summed E-state index contributed by atoms with van der Waals surface area (Å²) in [7, 11) is 0. The summed E-state index contributed by atoms with van der Waals surface area (Å²) in [6, 6.07) is 9.30. The summed E-state index contributed by atoms with van der Waals surface area (Å²) >= 11 is 3.15. The van der Waals surface area contributed by atoms with E-state index in [0.717, 1.165) is 5.56 Å². The second-order valence-electron chi connectivity index (χ2n) is 4.02. The van der Waals surface area contributed by atoms with E-state index in [4.69, 9.17) is 5.73 Å². The van der Waals surface area contributed by atoms with Crippen LogP contribution in [0.2, 0.25) is 0 Å². The van der Waals surface area contributed by atoms with Crippen LogP contribution in [-0.4, -0.2) is 5.78 Å². The van der Waals surface area contributed by atoms with Crippen molar-refractivity contribution in [3.05, 3.63) is 63.4 Å². The summed E-state index contributed by atoms with van der Waals surface area (Å²) in [5.41, 5.74) is 7.59. The largest absolute Gasteiger partial charge is 0.399 e. The van der Waals surface area contributed by atoms with Gasteiger partial charge in [0.15, 0.2) is 5.78 Å². The molecule has 0 saturated heterocycles. The van der Waals surface area contributed by atoms with Crippen LogP contribution in [0.3, 0.4) is 0 Å². The van der Waals surface area contributed by atoms with Crippen molar-refractivity contribution >= 4 is 27.4 Å². The number of halogens is 2. The summed E-state index contributed by atoms with van der Waals surface area (Å²) in [6.07, 6.45) is 0. The molecule has 0 aliphatic heterocycles. The van der Waals surface area contributed by atoms with Gasteiger partial charge in [-0.05, 0) is 48.9 Å². The standard InChI is InChI=1S/C14H11BrFNO/c1-8-6-9(2-5-13(8)17)14(18)11-4-3-10(15)7-12(11)16/h2-7H,17H2,1H3. The minimum absolute atomic E-state index is 0.0578. The SMILES string of the molecule is Cc1cc(C(=O)c2ccc(Br)cc2F)ccc1N. The second-order valence-corrected chi connectivity index (χ2v) is 4.94. The Morgan fingerprint density at radius 1 is 1.22 bits per heavy atom. The van der Waals surface area contributed by atoms with Gasteiger partial charge in [0.2, 0.25) is 0 Å². The van der Waals surface area contributed by atoms with Crippen LogP contribution in [0.5, 0.6) is 0 Å². The van der Waals surface area contributed by atoms with Gasteiger partial charge in [0.25, 0.3) is 0 Å². The lowest BCUT2D eigenvalue weighted by Crippen LogP contribution is -2.05. The number of rotatable bonds is 2. The van der Waals surface area contributed by atoms with Gasteiger partial charge in [-0.1, -0.05) is 15.9 Å². The van der Waals surface area contributed by atoms with Crippen molar-refractivity contribution in [1.82, 2.24) is 0 Å². The van der Waals surface area contributed by atoms with E-state index in [1.165, 1.54) is 12.1 Å². The molecule has 0 spiro atoms. The number of carbonyl (C=O) groups is 1. The molecule has 0 bridgehead atoms. The third-order valence-electron chi connectivity index (χ3n) is 2.71. The number of nitrogen functional groups attached to an aromatic ring is 1. The number of ketones is 1. The van der Waals surface area contributed by atoms with Crippen molar-refractivity contribution < 1.29 is 9.18 Å². The first kappa shape index (κ1) is 12.8. The van der Waals surface area contributed by atoms with Crippen LogP contribution in [0.15, 0.2) is 40.9 Å². The van der Waals surface area contributed by atoms with Gasteiger partial charge in [-0.3, -0.25) is 4.79 Å². The first-order chi connectivity index (χ1) is 8.49. The highest BCUT2D eigenvalue weighted by Gasteiger charge is 2.14. The van der Waals surface area contributed by atoms with Crippen LogP contribution in [0.25, 0.3) is 0 Å². The molecule has 92 valence electrons. The summed E-state index contributed by atoms with van der Waals surface area (Å²) < 4.78 is 14.3. The molecule has 4 heteroatoms. The highest BCUT2D eigenvalue weighted by Crippen LogP contribution is 2.20. The maximum Gasteiger partial charge on any atom is 0.195 e. The number of carbonyl (C=O) groups excluding carboxylic acids is 1. The average molecular weight is 308 g/mol. The zero-order valence-corrected chi connectivity index (χ0v) is 11.3. The normalized spacial score (nSPS) is 10.4. The van der Waals surface area contributed by atoms with Crippen molar-refractivity contribution in [3.8, 4) is 0 Å². The molecule has 0 aliphatic rings. The minimum Gasteiger partial charge on any atom is -0.399 e. The summed E-state index contributed by atoms with van der Waals surface area (Å²) in [6.45, 7) is 1.81. The number of anilines is 1. The summed E-state index contributed by atoms with van der Waals surface area (Å²) in [5, 5.41) is 0. The lowest BCUT2D eigenvalue weighted by molar-refractivity contribution is 0.103. The zero-order chi connectivity index (χ0) is 13.3. The van der Waals surface area contributed by atoms with Crippen LogP contribution in [-0.2, 0) is 0 Å². The zero-order valence-electron chi connectivity index (χ0n) is 9.71. The molecule has 2 aromatic rings. The Morgan fingerprint density at radius 2 is 1.94 bits per heavy atom. The maximum absolute atomic E-state index is 13.7. The number of hydrogen-bond donors (Lipinski definition) is 1. The smallest absolute Gasteiger partial charge is 0.195 e. The third-order valence-corrected chi connectivity index (χ3v) is 3.20. The first-order valence-corrected chi connectivity index (χ1v) is 6.14. The molecular weight excluding hydrogens is 297 g/mol. The van der Waals surface area contributed by atoms with Gasteiger partial charge < -0.3 is 5.73 Å². The quantitative estimate of drug-likeness (QED) is 0.679. The molecule has 0 aliphatic carbocycles. The lowest BCUT2D eigenvalue weighted by atomic mass is 10.0. The minimum atomic E-state index is -0.538. The van der Waals surface area contributed by atoms with Gasteiger partial charge in [-0.2, -0.15) is 0 Å². The molecular formula is C14H11BrFNO. The molecule has 0 unspecified atom stereocenters. The van der Waals surface area contributed by atoms with E-state index in [1.807, 2.05) is 6.92 Å². The monoisotopic (exact) mass is 307 g/mol. The first-order valence-electron chi connectivity index (χ1n) is 5.35. The Labute approximate surface area is 113 Å². The molecule has 0 atom stereocenters. The predicted octanol–water partition coefficient (Wildman–Crippen LogP) is 3.71. The molecule has 2 N–H and O–H groups in total. The van der Waals surface area contributed by atoms with E-state index in [0.29, 0.717) is 15.7 Å². The number of benzene rings is 2. The predicted molar refractivity (Wildman–Crippen MR) is 73.1 cm³/mol. The van der Waals surface area contributed by atoms with Gasteiger partial charge in [0.1, 0.15) is 5.82 Å². The van der Waals surface area contributed by atoms with E-state index < -0.39 is 5.82 Å². The Morgan fingerprint density at radius 3 is 2.56 bits per heavy atom. The highest BCUT2D eigenvalue weighted by molar-refractivity contribution is 9.10. The average Bonchev–Trinajstić information content (AvgIpc) is 2.32. The number of aryl methyl sites for hydroxylation is 1. The fourth-order valence-electron chi connectivity index (χ4n) is 1.65. The van der Waals surface area contributed by atoms with E-state index in [9.17, 15) is 9.18 Å². The molecule has 0 heterocycles. The van der Waals surface area contributed by atoms with Crippen molar-refractivity contribution in [2.24, 2.45) is 0 Å². The Kier molecular flexibility index (Phi) is 3.48. The molecule has 0 amide bonds. The van der Waals surface area contributed by atoms with E-state index in [1.54, 1.807) is 24.3 Å². The van der Waals surface area contributed by atoms with E-state index in [2.05, 4.69) is 15.9 Å². The van der Waals surface area contributed by atoms with Crippen LogP contribution >= 0.6 is 15.9 Å². The van der Waals surface area contributed by atoms with Gasteiger partial charge in [0.05, 0.1) is 5.56 Å². The second kappa shape index (κ2) is 4.90. The van der Waals surface area contributed by atoms with Crippen molar-refractivity contribution in [2.75, 3.05) is 5.73 Å². The van der Waals surface area contributed by atoms with Gasteiger partial charge in [-0.15, -0.1) is 0 Å². The van der Waals surface area contributed by atoms with Crippen molar-refractivity contribution in [2.45, 2.75) is 6.92 Å². The highest BCUT2D eigenvalue weighted by atomic mass is 79.9. The van der Waals surface area contributed by atoms with Gasteiger partial charge in [0, 0.05) is 15.7 Å². The molecule has 2 aromatic carbocycles. The Bertz CT molecular complexity index is 625. The van der Waals surface area contributed by atoms with Crippen LogP contribution in [0.4, 0.5) is 10.1 Å².